The molecule has 0 aliphatic carbocycles. The fourth-order valence-electron chi connectivity index (χ4n) is 2.76. The van der Waals surface area contributed by atoms with E-state index in [0.717, 1.165) is 11.0 Å². The highest BCUT2D eigenvalue weighted by molar-refractivity contribution is 7.89. The van der Waals surface area contributed by atoms with Gasteiger partial charge in [-0.1, -0.05) is 17.7 Å². The topological polar surface area (TPSA) is 142 Å². The van der Waals surface area contributed by atoms with Crippen molar-refractivity contribution < 1.29 is 13.2 Å². The lowest BCUT2D eigenvalue weighted by Crippen LogP contribution is -2.33. The third kappa shape index (κ3) is 3.68. The number of amides is 1. The molecule has 0 radical (unpaired) electrons. The van der Waals surface area contributed by atoms with Crippen molar-refractivity contribution >= 4 is 38.6 Å². The van der Waals surface area contributed by atoms with E-state index in [9.17, 15) is 18.0 Å². The maximum absolute atomic E-state index is 12.7. The lowest BCUT2D eigenvalue weighted by molar-refractivity contribution is 0.101. The van der Waals surface area contributed by atoms with Crippen molar-refractivity contribution in [2.24, 2.45) is 5.14 Å². The van der Waals surface area contributed by atoms with Crippen LogP contribution in [0.25, 0.3) is 16.7 Å². The van der Waals surface area contributed by atoms with Gasteiger partial charge in [-0.15, -0.1) is 0 Å². The van der Waals surface area contributed by atoms with Gasteiger partial charge in [0.25, 0.3) is 11.5 Å². The van der Waals surface area contributed by atoms with E-state index < -0.39 is 21.5 Å². The molecule has 0 aliphatic heterocycles. The number of nitrogens with two attached hydrogens (primary N) is 1. The second-order valence-electron chi connectivity index (χ2n) is 6.20. The van der Waals surface area contributed by atoms with Crippen molar-refractivity contribution in [3.63, 3.8) is 0 Å². The summed E-state index contributed by atoms with van der Waals surface area (Å²) in [5.74, 6) is -0.638. The van der Waals surface area contributed by atoms with E-state index in [1.54, 1.807) is 24.3 Å². The zero-order valence-electron chi connectivity index (χ0n) is 15.1. The number of hydrogen-bond donors (Lipinski definition) is 2. The van der Waals surface area contributed by atoms with Gasteiger partial charge in [-0.3, -0.25) is 15.0 Å². The van der Waals surface area contributed by atoms with Gasteiger partial charge in [-0.05, 0) is 42.5 Å². The molecule has 4 rings (SSSR count). The Labute approximate surface area is 174 Å². The Kier molecular flexibility index (Phi) is 4.86. The molecule has 0 saturated heterocycles. The Balaban J connectivity index is 1.65. The van der Waals surface area contributed by atoms with Gasteiger partial charge in [-0.25, -0.2) is 27.9 Å². The van der Waals surface area contributed by atoms with Crippen molar-refractivity contribution in [2.45, 2.75) is 4.90 Å². The number of aromatic nitrogens is 4. The molecule has 0 unspecified atom stereocenters. The molecule has 0 aliphatic rings. The molecule has 4 aromatic rings. The molecular weight excluding hydrogens is 432 g/mol. The summed E-state index contributed by atoms with van der Waals surface area (Å²) in [6.07, 6.45) is 2.50. The highest BCUT2D eigenvalue weighted by Gasteiger charge is 2.15. The van der Waals surface area contributed by atoms with Gasteiger partial charge in [-0.2, -0.15) is 5.10 Å². The molecular formula is C18H13ClN6O4S. The lowest BCUT2D eigenvalue weighted by Gasteiger charge is -2.08. The van der Waals surface area contributed by atoms with Crippen molar-refractivity contribution in [3.8, 4) is 5.69 Å². The van der Waals surface area contributed by atoms with Crippen LogP contribution in [0.3, 0.4) is 0 Å². The van der Waals surface area contributed by atoms with Crippen LogP contribution in [0.2, 0.25) is 5.02 Å². The number of sulfonamides is 1. The van der Waals surface area contributed by atoms with Crippen LogP contribution < -0.4 is 16.1 Å². The highest BCUT2D eigenvalue weighted by Crippen LogP contribution is 2.17. The van der Waals surface area contributed by atoms with E-state index >= 15 is 0 Å². The van der Waals surface area contributed by atoms with Crippen LogP contribution >= 0.6 is 11.6 Å². The van der Waals surface area contributed by atoms with Gasteiger partial charge in [0.15, 0.2) is 5.65 Å². The van der Waals surface area contributed by atoms with Crippen LogP contribution in [0.5, 0.6) is 0 Å². The number of nitrogens with one attached hydrogen (secondary N) is 1. The summed E-state index contributed by atoms with van der Waals surface area (Å²) < 4.78 is 25.0. The molecule has 0 atom stereocenters. The first-order valence-electron chi connectivity index (χ1n) is 8.39. The third-order valence-corrected chi connectivity index (χ3v) is 5.37. The monoisotopic (exact) mass is 444 g/mol. The number of fused-ring (bicyclic) bond motifs is 1. The summed E-state index contributed by atoms with van der Waals surface area (Å²) in [7, 11) is -3.87. The zero-order chi connectivity index (χ0) is 21.5. The van der Waals surface area contributed by atoms with Gasteiger partial charge >= 0.3 is 0 Å². The van der Waals surface area contributed by atoms with Crippen LogP contribution in [-0.2, 0) is 10.0 Å². The summed E-state index contributed by atoms with van der Waals surface area (Å²) in [4.78, 5) is 29.2. The molecule has 3 N–H and O–H groups in total. The largest absolute Gasteiger partial charge is 0.283 e. The second-order valence-corrected chi connectivity index (χ2v) is 8.20. The van der Waals surface area contributed by atoms with E-state index in [1.807, 2.05) is 0 Å². The fraction of sp³-hybridized carbons (Fsp3) is 0. The van der Waals surface area contributed by atoms with E-state index in [0.29, 0.717) is 16.4 Å². The second kappa shape index (κ2) is 7.37. The van der Waals surface area contributed by atoms with Crippen LogP contribution in [0.15, 0.2) is 70.7 Å². The molecule has 10 nitrogen and oxygen atoms in total. The average Bonchev–Trinajstić information content (AvgIpc) is 3.14. The number of carbonyl (C=O) groups is 1. The Morgan fingerprint density at radius 3 is 2.53 bits per heavy atom. The summed E-state index contributed by atoms with van der Waals surface area (Å²) in [5, 5.41) is 9.90. The van der Waals surface area contributed by atoms with E-state index in [4.69, 9.17) is 16.7 Å². The molecule has 152 valence electrons. The first-order chi connectivity index (χ1) is 14.2. The number of carbonyl (C=O) groups excluding carboxylic acids is 1. The summed E-state index contributed by atoms with van der Waals surface area (Å²) in [6.45, 7) is 0. The first-order valence-corrected chi connectivity index (χ1v) is 10.3. The van der Waals surface area contributed by atoms with E-state index in [-0.39, 0.29) is 15.8 Å². The average molecular weight is 445 g/mol. The molecule has 0 saturated carbocycles. The van der Waals surface area contributed by atoms with Crippen molar-refractivity contribution in [1.29, 1.82) is 0 Å². The van der Waals surface area contributed by atoms with Crippen LogP contribution in [0.1, 0.15) is 10.4 Å². The molecule has 2 aromatic carbocycles. The minimum Gasteiger partial charge on any atom is -0.267 e. The maximum atomic E-state index is 12.7. The number of halogens is 1. The SMILES string of the molecule is NS(=O)(=O)c1ccc(C(=O)Nn2cnc3c(cnn3-c3cccc(Cl)c3)c2=O)cc1. The summed E-state index contributed by atoms with van der Waals surface area (Å²) in [6, 6.07) is 11.8. The molecule has 0 spiro atoms. The van der Waals surface area contributed by atoms with Crippen molar-refractivity contribution in [1.82, 2.24) is 19.4 Å². The van der Waals surface area contributed by atoms with E-state index in [1.165, 1.54) is 35.1 Å². The first kappa shape index (κ1) is 19.8. The molecule has 12 heteroatoms. The molecule has 2 aromatic heterocycles. The zero-order valence-corrected chi connectivity index (χ0v) is 16.6. The smallest absolute Gasteiger partial charge is 0.267 e. The highest BCUT2D eigenvalue weighted by atomic mass is 35.5. The van der Waals surface area contributed by atoms with Gasteiger partial charge in [0.2, 0.25) is 10.0 Å². The fourth-order valence-corrected chi connectivity index (χ4v) is 3.46. The van der Waals surface area contributed by atoms with E-state index in [2.05, 4.69) is 15.5 Å². The number of benzene rings is 2. The summed E-state index contributed by atoms with van der Waals surface area (Å²) >= 11 is 6.00. The molecule has 2 heterocycles. The van der Waals surface area contributed by atoms with Crippen molar-refractivity contribution in [3.05, 3.63) is 82.0 Å². The minimum absolute atomic E-state index is 0.129. The maximum Gasteiger partial charge on any atom is 0.283 e. The number of hydrogen-bond acceptors (Lipinski definition) is 6. The van der Waals surface area contributed by atoms with Crippen LogP contribution in [0.4, 0.5) is 0 Å². The predicted octanol–water partition coefficient (Wildman–Crippen LogP) is 1.27. The van der Waals surface area contributed by atoms with Gasteiger partial charge in [0, 0.05) is 10.6 Å². The Hall–Kier alpha value is -3.54. The van der Waals surface area contributed by atoms with Crippen LogP contribution in [-0.4, -0.2) is 33.8 Å². The predicted molar refractivity (Wildman–Crippen MR) is 110 cm³/mol. The third-order valence-electron chi connectivity index (χ3n) is 4.21. The molecule has 0 fully saturated rings. The molecule has 30 heavy (non-hydrogen) atoms. The standard InChI is InChI=1S/C18H13ClN6O4S/c19-12-2-1-3-13(8-12)25-16-15(9-22-25)18(27)24(10-21-16)23-17(26)11-4-6-14(7-5-11)30(20,28)29/h1-10H,(H,23,26)(H2,20,28,29). The normalized spacial score (nSPS) is 11.5. The van der Waals surface area contributed by atoms with Gasteiger partial charge < -0.3 is 0 Å². The molecule has 0 bridgehead atoms. The van der Waals surface area contributed by atoms with Crippen molar-refractivity contribution in [2.75, 3.05) is 5.43 Å². The Morgan fingerprint density at radius 2 is 1.87 bits per heavy atom. The minimum atomic E-state index is -3.87. The van der Waals surface area contributed by atoms with Crippen LogP contribution in [0, 0.1) is 0 Å². The number of nitrogens with zero attached hydrogens (tertiary/aromatic N) is 4. The Morgan fingerprint density at radius 1 is 1.13 bits per heavy atom. The molecule has 1 amide bonds. The van der Waals surface area contributed by atoms with Gasteiger partial charge in [0.1, 0.15) is 11.7 Å². The Bertz CT molecular complexity index is 1440. The van der Waals surface area contributed by atoms with Gasteiger partial charge in [0.05, 0.1) is 16.8 Å². The number of rotatable bonds is 4. The lowest BCUT2D eigenvalue weighted by atomic mass is 10.2. The summed E-state index contributed by atoms with van der Waals surface area (Å²) in [5.41, 5.74) is 2.91. The number of primary sulfonamides is 1. The quantitative estimate of drug-likeness (QED) is 0.485.